The predicted octanol–water partition coefficient (Wildman–Crippen LogP) is 8.06. The van der Waals surface area contributed by atoms with Gasteiger partial charge in [0.2, 0.25) is 0 Å². The summed E-state index contributed by atoms with van der Waals surface area (Å²) in [7, 11) is 0. The predicted molar refractivity (Wildman–Crippen MR) is 164 cm³/mol. The lowest BCUT2D eigenvalue weighted by Crippen LogP contribution is -2.29. The first kappa shape index (κ1) is 34.4. The van der Waals surface area contributed by atoms with E-state index in [1.54, 1.807) is 0 Å². The van der Waals surface area contributed by atoms with Crippen LogP contribution in [0.2, 0.25) is 0 Å². The molecule has 0 saturated heterocycles. The fourth-order valence-electron chi connectivity index (χ4n) is 5.12. The van der Waals surface area contributed by atoms with Gasteiger partial charge in [0.25, 0.3) is 0 Å². The van der Waals surface area contributed by atoms with Crippen molar-refractivity contribution in [2.24, 2.45) is 5.92 Å². The van der Waals surface area contributed by atoms with Crippen LogP contribution in [0.15, 0.2) is 35.9 Å². The standard InChI is InChI=1S/C33H52N2O6/c1-9-14-15-16-26-20-29(40-32(36)38-22-34(10-2)11-3)31(28-19-25(8)17-18-27(28)24(6)7)30(21-26)41-33(37)39-23-35(12-4)13-5/h19-21,27-28H,6,9-18,22-23H2,1-5,7-8H3/t27-,28+/m0/s1. The third kappa shape index (κ3) is 10.8. The molecule has 8 heteroatoms. The molecule has 0 amide bonds. The van der Waals surface area contributed by atoms with E-state index in [-0.39, 0.29) is 25.3 Å². The quantitative estimate of drug-likeness (QED) is 0.0647. The fraction of sp³-hybridized carbons (Fsp3) is 0.636. The normalized spacial score (nSPS) is 16.9. The minimum atomic E-state index is -0.790. The molecule has 0 saturated carbocycles. The fourth-order valence-corrected chi connectivity index (χ4v) is 5.12. The van der Waals surface area contributed by atoms with E-state index >= 15 is 0 Å². The Kier molecular flexibility index (Phi) is 15.0. The number of ether oxygens (including phenoxy) is 4. The Morgan fingerprint density at radius 3 is 1.83 bits per heavy atom. The molecule has 1 aliphatic carbocycles. The number of aryl methyl sites for hydroxylation is 1. The zero-order valence-electron chi connectivity index (χ0n) is 26.4. The molecule has 0 aliphatic heterocycles. The molecule has 41 heavy (non-hydrogen) atoms. The maximum absolute atomic E-state index is 13.0. The molecule has 0 spiro atoms. The molecular weight excluding hydrogens is 520 g/mol. The van der Waals surface area contributed by atoms with Crippen LogP contribution in [0.3, 0.4) is 0 Å². The highest BCUT2D eigenvalue weighted by atomic mass is 16.7. The number of allylic oxidation sites excluding steroid dienone is 3. The van der Waals surface area contributed by atoms with Crippen LogP contribution in [0, 0.1) is 5.92 Å². The average molecular weight is 573 g/mol. The van der Waals surface area contributed by atoms with Crippen LogP contribution in [-0.2, 0) is 15.9 Å². The van der Waals surface area contributed by atoms with E-state index < -0.39 is 12.3 Å². The lowest BCUT2D eigenvalue weighted by Gasteiger charge is -2.32. The smallest absolute Gasteiger partial charge is 0.418 e. The molecule has 2 atom stereocenters. The van der Waals surface area contributed by atoms with E-state index in [1.165, 1.54) is 5.57 Å². The van der Waals surface area contributed by atoms with Crippen molar-refractivity contribution in [2.45, 2.75) is 92.9 Å². The van der Waals surface area contributed by atoms with Crippen LogP contribution < -0.4 is 9.47 Å². The number of unbranched alkanes of at least 4 members (excludes halogenated alkanes) is 2. The van der Waals surface area contributed by atoms with Crippen molar-refractivity contribution in [2.75, 3.05) is 39.6 Å². The summed E-state index contributed by atoms with van der Waals surface area (Å²) in [6.45, 7) is 21.8. The highest BCUT2D eigenvalue weighted by Gasteiger charge is 2.33. The van der Waals surface area contributed by atoms with Gasteiger partial charge in [-0.25, -0.2) is 9.59 Å². The highest BCUT2D eigenvalue weighted by molar-refractivity contribution is 5.69. The van der Waals surface area contributed by atoms with E-state index in [0.29, 0.717) is 17.1 Å². The molecule has 1 aromatic carbocycles. The van der Waals surface area contributed by atoms with Crippen LogP contribution in [-0.4, -0.2) is 61.8 Å². The van der Waals surface area contributed by atoms with E-state index in [4.69, 9.17) is 18.9 Å². The minimum absolute atomic E-state index is 0.0905. The molecule has 0 fully saturated rings. The zero-order valence-corrected chi connectivity index (χ0v) is 26.4. The number of carbonyl (C=O) groups excluding carboxylic acids is 2. The van der Waals surface area contributed by atoms with Gasteiger partial charge in [-0.15, -0.1) is 0 Å². The maximum Gasteiger partial charge on any atom is 0.515 e. The van der Waals surface area contributed by atoms with E-state index in [0.717, 1.165) is 75.8 Å². The van der Waals surface area contributed by atoms with Crippen LogP contribution in [0.4, 0.5) is 9.59 Å². The number of carbonyl (C=O) groups is 2. The maximum atomic E-state index is 13.0. The van der Waals surface area contributed by atoms with Crippen molar-refractivity contribution in [3.05, 3.63) is 47.1 Å². The number of hydrogen-bond donors (Lipinski definition) is 0. The van der Waals surface area contributed by atoms with Crippen molar-refractivity contribution in [1.29, 1.82) is 0 Å². The Hall–Kier alpha value is -2.84. The van der Waals surface area contributed by atoms with Gasteiger partial charge in [-0.05, 0) is 89.3 Å². The topological polar surface area (TPSA) is 77.5 Å². The van der Waals surface area contributed by atoms with Gasteiger partial charge in [-0.3, -0.25) is 9.80 Å². The Labute approximate surface area is 247 Å². The number of nitrogens with zero attached hydrogens (tertiary/aromatic N) is 2. The number of benzene rings is 1. The summed E-state index contributed by atoms with van der Waals surface area (Å²) in [5.41, 5.74) is 3.81. The Balaban J connectivity index is 2.57. The van der Waals surface area contributed by atoms with Crippen LogP contribution in [0.1, 0.15) is 97.6 Å². The summed E-state index contributed by atoms with van der Waals surface area (Å²) < 4.78 is 22.8. The molecule has 8 nitrogen and oxygen atoms in total. The van der Waals surface area contributed by atoms with Gasteiger partial charge in [-0.2, -0.15) is 0 Å². The average Bonchev–Trinajstić information content (AvgIpc) is 2.94. The highest BCUT2D eigenvalue weighted by Crippen LogP contribution is 2.47. The lowest BCUT2D eigenvalue weighted by atomic mass is 9.73. The summed E-state index contributed by atoms with van der Waals surface area (Å²) >= 11 is 0. The second-order valence-electron chi connectivity index (χ2n) is 10.9. The molecule has 0 unspecified atom stereocenters. The third-order valence-corrected chi connectivity index (χ3v) is 7.85. The van der Waals surface area contributed by atoms with Crippen molar-refractivity contribution in [1.82, 2.24) is 9.80 Å². The molecular formula is C33H52N2O6. The zero-order chi connectivity index (χ0) is 30.4. The van der Waals surface area contributed by atoms with E-state index in [1.807, 2.05) is 56.6 Å². The molecule has 230 valence electrons. The molecule has 0 bridgehead atoms. The SMILES string of the molecule is C=C(C)[C@@H]1CCC(C)=C[C@H]1c1c(OC(=O)OCN(CC)CC)cc(CCCCC)cc1OC(=O)OCN(CC)CC. The van der Waals surface area contributed by atoms with Gasteiger partial charge >= 0.3 is 12.3 Å². The number of hydrogen-bond acceptors (Lipinski definition) is 8. The number of rotatable bonds is 16. The van der Waals surface area contributed by atoms with Gasteiger partial charge in [0.1, 0.15) is 25.0 Å². The molecule has 1 aliphatic rings. The van der Waals surface area contributed by atoms with Gasteiger partial charge in [0.15, 0.2) is 0 Å². The summed E-state index contributed by atoms with van der Waals surface area (Å²) in [5.74, 6) is 0.587. The first-order valence-electron chi connectivity index (χ1n) is 15.3. The molecule has 0 aromatic heterocycles. The first-order chi connectivity index (χ1) is 19.7. The molecule has 0 heterocycles. The Bertz CT molecular complexity index is 978. The summed E-state index contributed by atoms with van der Waals surface area (Å²) in [4.78, 5) is 29.9. The van der Waals surface area contributed by atoms with Gasteiger partial charge in [0, 0.05) is 11.5 Å². The largest absolute Gasteiger partial charge is 0.515 e. The molecule has 0 radical (unpaired) electrons. The van der Waals surface area contributed by atoms with E-state index in [9.17, 15) is 9.59 Å². The van der Waals surface area contributed by atoms with Crippen molar-refractivity contribution >= 4 is 12.3 Å². The summed E-state index contributed by atoms with van der Waals surface area (Å²) in [6, 6.07) is 3.79. The molecule has 1 aromatic rings. The third-order valence-electron chi connectivity index (χ3n) is 7.85. The second-order valence-corrected chi connectivity index (χ2v) is 10.9. The van der Waals surface area contributed by atoms with Crippen molar-refractivity contribution < 1.29 is 28.5 Å². The second kappa shape index (κ2) is 17.9. The first-order valence-corrected chi connectivity index (χ1v) is 15.3. The van der Waals surface area contributed by atoms with Crippen LogP contribution in [0.25, 0.3) is 0 Å². The molecule has 2 rings (SSSR count). The van der Waals surface area contributed by atoms with Crippen LogP contribution in [0.5, 0.6) is 11.5 Å². The molecule has 0 N–H and O–H groups in total. The minimum Gasteiger partial charge on any atom is -0.418 e. The summed E-state index contributed by atoms with van der Waals surface area (Å²) in [6.07, 6.45) is 6.31. The Morgan fingerprint density at radius 1 is 0.878 bits per heavy atom. The summed E-state index contributed by atoms with van der Waals surface area (Å²) in [5, 5.41) is 0. The van der Waals surface area contributed by atoms with Crippen molar-refractivity contribution in [3.63, 3.8) is 0 Å². The lowest BCUT2D eigenvalue weighted by molar-refractivity contribution is 0.0432. The Morgan fingerprint density at radius 2 is 1.39 bits per heavy atom. The monoisotopic (exact) mass is 572 g/mol. The van der Waals surface area contributed by atoms with Gasteiger partial charge in [-0.1, -0.05) is 71.3 Å². The van der Waals surface area contributed by atoms with Gasteiger partial charge < -0.3 is 18.9 Å². The van der Waals surface area contributed by atoms with Crippen LogP contribution >= 0.6 is 0 Å². The van der Waals surface area contributed by atoms with Gasteiger partial charge in [0.05, 0.1) is 0 Å². The van der Waals surface area contributed by atoms with Crippen molar-refractivity contribution in [3.8, 4) is 11.5 Å². The van der Waals surface area contributed by atoms with E-state index in [2.05, 4.69) is 26.5 Å².